The van der Waals surface area contributed by atoms with E-state index in [0.717, 1.165) is 0 Å². The topological polar surface area (TPSA) is 51.5 Å². The Balaban J connectivity index is 2.37. The van der Waals surface area contributed by atoms with Crippen molar-refractivity contribution >= 4 is 17.7 Å². The summed E-state index contributed by atoms with van der Waals surface area (Å²) in [5, 5.41) is 2.90. The molecule has 0 saturated carbocycles. The summed E-state index contributed by atoms with van der Waals surface area (Å²) in [5.41, 5.74) is 0. The van der Waals surface area contributed by atoms with Gasteiger partial charge in [0.05, 0.1) is 19.4 Å². The van der Waals surface area contributed by atoms with E-state index in [9.17, 15) is 13.6 Å². The molecule has 0 aliphatic carbocycles. The molecule has 18 heavy (non-hydrogen) atoms. The molecule has 0 bridgehead atoms. The number of esters is 1. The number of hydrogen-bond donors (Lipinski definition) is 1. The predicted octanol–water partition coefficient (Wildman–Crippen LogP) is 2.39. The second kappa shape index (κ2) is 7.38. The molecule has 1 rings (SSSR count). The molecular formula is C11H15F2NO3S. The van der Waals surface area contributed by atoms with Crippen LogP contribution in [0.3, 0.4) is 0 Å². The first-order valence-corrected chi connectivity index (χ1v) is 6.36. The number of halogens is 2. The lowest BCUT2D eigenvalue weighted by molar-refractivity contribution is -0.142. The lowest BCUT2D eigenvalue weighted by Crippen LogP contribution is -2.34. The van der Waals surface area contributed by atoms with Crippen LogP contribution >= 0.6 is 11.8 Å². The van der Waals surface area contributed by atoms with E-state index in [0.29, 0.717) is 29.8 Å². The predicted molar refractivity (Wildman–Crippen MR) is 64.3 cm³/mol. The third-order valence-electron chi connectivity index (χ3n) is 2.21. The molecular weight excluding hydrogens is 264 g/mol. The van der Waals surface area contributed by atoms with Crippen LogP contribution in [0.2, 0.25) is 0 Å². The number of carbonyl (C=O) groups excluding carboxylic acids is 1. The van der Waals surface area contributed by atoms with E-state index in [1.807, 2.05) is 0 Å². The number of ether oxygens (including phenoxy) is 1. The van der Waals surface area contributed by atoms with Crippen LogP contribution in [-0.4, -0.2) is 24.9 Å². The minimum Gasteiger partial charge on any atom is -0.468 e. The van der Waals surface area contributed by atoms with Crippen molar-refractivity contribution in [2.75, 3.05) is 7.11 Å². The highest BCUT2D eigenvalue weighted by Gasteiger charge is 2.13. The van der Waals surface area contributed by atoms with E-state index in [2.05, 4.69) is 10.1 Å². The molecule has 4 nitrogen and oxygen atoms in total. The fraction of sp³-hybridized carbons (Fsp3) is 0.545. The number of rotatable bonds is 7. The zero-order chi connectivity index (χ0) is 13.5. The highest BCUT2D eigenvalue weighted by molar-refractivity contribution is 7.98. The molecule has 0 aliphatic heterocycles. The van der Waals surface area contributed by atoms with Gasteiger partial charge in [0.2, 0.25) is 0 Å². The van der Waals surface area contributed by atoms with Crippen molar-refractivity contribution < 1.29 is 22.7 Å². The molecule has 0 aliphatic rings. The largest absolute Gasteiger partial charge is 0.468 e. The molecule has 7 heteroatoms. The Labute approximate surface area is 108 Å². The van der Waals surface area contributed by atoms with Crippen LogP contribution in [0.1, 0.15) is 18.4 Å². The van der Waals surface area contributed by atoms with Crippen LogP contribution < -0.4 is 5.32 Å². The maximum atomic E-state index is 12.0. The van der Waals surface area contributed by atoms with Gasteiger partial charge in [0.1, 0.15) is 17.6 Å². The van der Waals surface area contributed by atoms with Gasteiger partial charge in [0.15, 0.2) is 0 Å². The highest BCUT2D eigenvalue weighted by Crippen LogP contribution is 2.21. The first-order valence-electron chi connectivity index (χ1n) is 5.31. The molecule has 0 unspecified atom stereocenters. The summed E-state index contributed by atoms with van der Waals surface area (Å²) in [6.07, 6.45) is 0. The summed E-state index contributed by atoms with van der Waals surface area (Å²) >= 11 is 0.509. The van der Waals surface area contributed by atoms with Gasteiger partial charge in [0, 0.05) is 0 Å². The normalized spacial score (nSPS) is 12.7. The van der Waals surface area contributed by atoms with E-state index >= 15 is 0 Å². The lowest BCUT2D eigenvalue weighted by Gasteiger charge is -2.09. The van der Waals surface area contributed by atoms with Crippen molar-refractivity contribution in [1.29, 1.82) is 0 Å². The summed E-state index contributed by atoms with van der Waals surface area (Å²) in [4.78, 5) is 11.1. The average Bonchev–Trinajstić information content (AvgIpc) is 2.80. The molecule has 1 heterocycles. The van der Waals surface area contributed by atoms with Crippen LogP contribution in [0.4, 0.5) is 8.78 Å². The second-order valence-corrected chi connectivity index (χ2v) is 4.54. The lowest BCUT2D eigenvalue weighted by atomic mass is 10.3. The second-order valence-electron chi connectivity index (χ2n) is 3.57. The van der Waals surface area contributed by atoms with Crippen LogP contribution in [-0.2, 0) is 21.8 Å². The van der Waals surface area contributed by atoms with Crippen molar-refractivity contribution in [3.63, 3.8) is 0 Å². The molecule has 1 aromatic heterocycles. The van der Waals surface area contributed by atoms with Crippen molar-refractivity contribution in [3.05, 3.63) is 23.7 Å². The number of methoxy groups -OCH3 is 1. The van der Waals surface area contributed by atoms with Gasteiger partial charge in [-0.1, -0.05) is 11.8 Å². The number of thioether (sulfide) groups is 1. The molecule has 0 fully saturated rings. The molecule has 102 valence electrons. The summed E-state index contributed by atoms with van der Waals surface area (Å²) in [7, 11) is 1.31. The molecule has 1 aromatic rings. The zero-order valence-electron chi connectivity index (χ0n) is 10.1. The fourth-order valence-corrected chi connectivity index (χ4v) is 1.70. The van der Waals surface area contributed by atoms with E-state index < -0.39 is 11.8 Å². The highest BCUT2D eigenvalue weighted by atomic mass is 32.2. The van der Waals surface area contributed by atoms with Crippen molar-refractivity contribution in [2.24, 2.45) is 0 Å². The van der Waals surface area contributed by atoms with Gasteiger partial charge in [-0.3, -0.25) is 10.1 Å². The molecule has 0 radical (unpaired) electrons. The molecule has 0 aromatic carbocycles. The van der Waals surface area contributed by atoms with Gasteiger partial charge in [-0.25, -0.2) is 0 Å². The summed E-state index contributed by atoms with van der Waals surface area (Å²) in [6.45, 7) is 2.01. The van der Waals surface area contributed by atoms with Crippen molar-refractivity contribution in [3.8, 4) is 0 Å². The van der Waals surface area contributed by atoms with E-state index in [1.54, 1.807) is 19.1 Å². The summed E-state index contributed by atoms with van der Waals surface area (Å²) in [5.74, 6) is -1.56. The Hall–Kier alpha value is -1.08. The monoisotopic (exact) mass is 279 g/mol. The molecule has 0 saturated heterocycles. The van der Waals surface area contributed by atoms with Crippen LogP contribution in [0.15, 0.2) is 16.5 Å². The van der Waals surface area contributed by atoms with Gasteiger partial charge >= 0.3 is 5.97 Å². The fourth-order valence-electron chi connectivity index (χ4n) is 1.25. The summed E-state index contributed by atoms with van der Waals surface area (Å²) in [6, 6.07) is 2.90. The zero-order valence-corrected chi connectivity index (χ0v) is 10.9. The quantitative estimate of drug-likeness (QED) is 0.777. The van der Waals surface area contributed by atoms with E-state index in [-0.39, 0.29) is 11.7 Å². The van der Waals surface area contributed by atoms with Crippen LogP contribution in [0, 0.1) is 0 Å². The number of carbonyl (C=O) groups is 1. The Bertz CT molecular complexity index is 384. The smallest absolute Gasteiger partial charge is 0.322 e. The van der Waals surface area contributed by atoms with E-state index in [4.69, 9.17) is 4.42 Å². The molecule has 0 amide bonds. The number of furan rings is 1. The molecule has 1 N–H and O–H groups in total. The SMILES string of the molecule is COC(=O)[C@H](C)NCc1ccc(CSC(F)F)o1. The van der Waals surface area contributed by atoms with Crippen LogP contribution in [0.5, 0.6) is 0 Å². The third kappa shape index (κ3) is 5.05. The van der Waals surface area contributed by atoms with Gasteiger partial charge in [-0.15, -0.1) is 0 Å². The molecule has 0 spiro atoms. The minimum atomic E-state index is -2.41. The Morgan fingerprint density at radius 2 is 2.17 bits per heavy atom. The Morgan fingerprint density at radius 3 is 2.78 bits per heavy atom. The number of alkyl halides is 2. The van der Waals surface area contributed by atoms with Crippen LogP contribution in [0.25, 0.3) is 0 Å². The number of nitrogens with one attached hydrogen (secondary N) is 1. The average molecular weight is 279 g/mol. The first-order chi connectivity index (χ1) is 8.52. The van der Waals surface area contributed by atoms with Gasteiger partial charge in [0.25, 0.3) is 5.76 Å². The summed E-state index contributed by atoms with van der Waals surface area (Å²) < 4.78 is 33.8. The van der Waals surface area contributed by atoms with Crippen molar-refractivity contribution in [1.82, 2.24) is 5.32 Å². The van der Waals surface area contributed by atoms with Gasteiger partial charge in [-0.2, -0.15) is 8.78 Å². The number of hydrogen-bond acceptors (Lipinski definition) is 5. The standard InChI is InChI=1S/C11H15F2NO3S/c1-7(10(15)16-2)14-5-8-3-4-9(17-8)6-18-11(12)13/h3-4,7,11,14H,5-6H2,1-2H3/t7-/m0/s1. The first kappa shape index (κ1) is 15.0. The van der Waals surface area contributed by atoms with Gasteiger partial charge < -0.3 is 9.15 Å². The molecule has 1 atom stereocenters. The maximum Gasteiger partial charge on any atom is 0.322 e. The maximum absolute atomic E-state index is 12.0. The van der Waals surface area contributed by atoms with Crippen molar-refractivity contribution in [2.45, 2.75) is 31.0 Å². The minimum absolute atomic E-state index is 0.129. The Kier molecular flexibility index (Phi) is 6.14. The van der Waals surface area contributed by atoms with Gasteiger partial charge in [-0.05, 0) is 19.1 Å². The Morgan fingerprint density at radius 1 is 1.50 bits per heavy atom. The third-order valence-corrected chi connectivity index (χ3v) is 2.91. The van der Waals surface area contributed by atoms with E-state index in [1.165, 1.54) is 7.11 Å².